The number of carbonyl (C=O) groups excluding carboxylic acids is 2. The number of carbonyl (C=O) groups is 2. The van der Waals surface area contributed by atoms with Gasteiger partial charge in [0.2, 0.25) is 11.8 Å². The van der Waals surface area contributed by atoms with Crippen LogP contribution in [-0.2, 0) is 16.0 Å². The van der Waals surface area contributed by atoms with E-state index in [1.165, 1.54) is 5.56 Å². The summed E-state index contributed by atoms with van der Waals surface area (Å²) in [6.07, 6.45) is 2.73. The van der Waals surface area contributed by atoms with Gasteiger partial charge in [-0.3, -0.25) is 14.5 Å². The zero-order valence-electron chi connectivity index (χ0n) is 19.0. The molecule has 1 aromatic rings. The van der Waals surface area contributed by atoms with Crippen LogP contribution in [0, 0.1) is 11.3 Å². The molecule has 1 aromatic carbocycles. The Morgan fingerprint density at radius 2 is 1.90 bits per heavy atom. The minimum Gasteiger partial charge on any atom is -0.342 e. The average Bonchev–Trinajstić information content (AvgIpc) is 2.64. The van der Waals surface area contributed by atoms with Crippen LogP contribution in [-0.4, -0.2) is 54.3 Å². The largest absolute Gasteiger partial charge is 0.342 e. The predicted octanol–water partition coefficient (Wildman–Crippen LogP) is 3.42. The third-order valence-corrected chi connectivity index (χ3v) is 5.89. The van der Waals surface area contributed by atoms with Crippen LogP contribution in [0.5, 0.6) is 0 Å². The number of likely N-dealkylation sites (N-methyl/N-ethyl adjacent to an activating group) is 2. The lowest BCUT2D eigenvalue weighted by Gasteiger charge is -2.39. The van der Waals surface area contributed by atoms with Crippen LogP contribution < -0.4 is 5.32 Å². The summed E-state index contributed by atoms with van der Waals surface area (Å²) in [4.78, 5) is 30.6. The molecule has 0 aliphatic carbocycles. The molecule has 1 heterocycles. The number of nitrogens with one attached hydrogen (secondary N) is 1. The van der Waals surface area contributed by atoms with Gasteiger partial charge in [-0.05, 0) is 35.9 Å². The lowest BCUT2D eigenvalue weighted by atomic mass is 9.84. The average molecular weight is 400 g/mol. The van der Waals surface area contributed by atoms with Gasteiger partial charge in [0, 0.05) is 13.6 Å². The molecule has 1 aliphatic heterocycles. The summed E-state index contributed by atoms with van der Waals surface area (Å²) in [5, 5.41) is 3.09. The number of amides is 2. The van der Waals surface area contributed by atoms with Gasteiger partial charge >= 0.3 is 0 Å². The number of rotatable bonds is 6. The maximum Gasteiger partial charge on any atom is 0.245 e. The Hall–Kier alpha value is -2.14. The van der Waals surface area contributed by atoms with Crippen molar-refractivity contribution in [2.24, 2.45) is 11.3 Å². The molecule has 3 atom stereocenters. The fourth-order valence-electron chi connectivity index (χ4n) is 4.13. The Kier molecular flexibility index (Phi) is 7.28. The number of fused-ring (bicyclic) bond motifs is 1. The number of nitrogens with zero attached hydrogens (tertiary/aromatic N) is 2. The highest BCUT2D eigenvalue weighted by molar-refractivity contribution is 5.91. The molecule has 0 saturated heterocycles. The van der Waals surface area contributed by atoms with Crippen molar-refractivity contribution in [3.05, 3.63) is 48.0 Å². The lowest BCUT2D eigenvalue weighted by molar-refractivity contribution is -0.141. The normalized spacial score (nSPS) is 19.2. The van der Waals surface area contributed by atoms with E-state index in [-0.39, 0.29) is 29.8 Å². The second kappa shape index (κ2) is 9.12. The molecule has 0 aromatic heterocycles. The third kappa shape index (κ3) is 5.08. The van der Waals surface area contributed by atoms with Crippen molar-refractivity contribution in [3.8, 4) is 0 Å². The Morgan fingerprint density at radius 3 is 2.45 bits per heavy atom. The summed E-state index contributed by atoms with van der Waals surface area (Å²) in [5.41, 5.74) is 1.81. The molecule has 29 heavy (non-hydrogen) atoms. The summed E-state index contributed by atoms with van der Waals surface area (Å²) >= 11 is 0. The molecule has 0 spiro atoms. The van der Waals surface area contributed by atoms with E-state index in [9.17, 15) is 9.59 Å². The van der Waals surface area contributed by atoms with Gasteiger partial charge in [0.15, 0.2) is 0 Å². The first-order valence-corrected chi connectivity index (χ1v) is 10.5. The van der Waals surface area contributed by atoms with Gasteiger partial charge in [-0.2, -0.15) is 0 Å². The monoisotopic (exact) mass is 399 g/mol. The molecule has 2 rings (SSSR count). The van der Waals surface area contributed by atoms with Gasteiger partial charge in [0.25, 0.3) is 0 Å². The van der Waals surface area contributed by atoms with Gasteiger partial charge in [-0.15, -0.1) is 6.58 Å². The van der Waals surface area contributed by atoms with E-state index in [1.807, 2.05) is 46.0 Å². The maximum absolute atomic E-state index is 13.4. The van der Waals surface area contributed by atoms with Crippen molar-refractivity contribution in [3.63, 3.8) is 0 Å². The molecule has 1 aliphatic rings. The maximum atomic E-state index is 13.4. The second-order valence-corrected chi connectivity index (χ2v) is 9.56. The molecule has 0 saturated carbocycles. The molecule has 1 unspecified atom stereocenters. The van der Waals surface area contributed by atoms with Crippen LogP contribution in [0.15, 0.2) is 36.9 Å². The van der Waals surface area contributed by atoms with Crippen LogP contribution in [0.2, 0.25) is 0 Å². The Bertz CT molecular complexity index is 751. The Morgan fingerprint density at radius 1 is 1.28 bits per heavy atom. The van der Waals surface area contributed by atoms with E-state index >= 15 is 0 Å². The van der Waals surface area contributed by atoms with Crippen LogP contribution in [0.25, 0.3) is 0 Å². The van der Waals surface area contributed by atoms with Crippen molar-refractivity contribution >= 4 is 11.8 Å². The van der Waals surface area contributed by atoms with E-state index in [0.29, 0.717) is 0 Å². The first-order valence-electron chi connectivity index (χ1n) is 10.5. The summed E-state index contributed by atoms with van der Waals surface area (Å²) in [5.74, 6) is 0.0337. The molecular formula is C24H37N3O2. The first-order chi connectivity index (χ1) is 13.5. The Labute approximate surface area is 176 Å². The van der Waals surface area contributed by atoms with Gasteiger partial charge < -0.3 is 10.2 Å². The smallest absolute Gasteiger partial charge is 0.245 e. The zero-order chi connectivity index (χ0) is 21.9. The SMILES string of the molecule is C=C[C@H](C(C)C)N(C)C(=O)[C@@H](NC(=O)C1c2ccccc2CCN1C)C(C)(C)C. The van der Waals surface area contributed by atoms with E-state index in [0.717, 1.165) is 18.5 Å². The first kappa shape index (κ1) is 23.1. The molecule has 1 N–H and O–H groups in total. The minimum absolute atomic E-state index is 0.0812. The van der Waals surface area contributed by atoms with Crippen LogP contribution >= 0.6 is 0 Å². The van der Waals surface area contributed by atoms with Crippen molar-refractivity contribution in [1.29, 1.82) is 0 Å². The summed E-state index contributed by atoms with van der Waals surface area (Å²) < 4.78 is 0. The number of hydrogen-bond acceptors (Lipinski definition) is 3. The zero-order valence-corrected chi connectivity index (χ0v) is 19.0. The van der Waals surface area contributed by atoms with Gasteiger partial charge in [-0.1, -0.05) is 65.0 Å². The third-order valence-electron chi connectivity index (χ3n) is 5.89. The highest BCUT2D eigenvalue weighted by Gasteiger charge is 2.39. The standard InChI is InChI=1S/C24H37N3O2/c1-9-19(16(2)3)27(8)23(29)21(24(4,5)6)25-22(28)20-18-13-11-10-12-17(18)14-15-26(20)7/h9-13,16,19-21H,1,14-15H2,2-8H3,(H,25,28)/t19-,20?,21-/m1/s1. The minimum atomic E-state index is -0.622. The van der Waals surface area contributed by atoms with Crippen molar-refractivity contribution in [2.45, 2.75) is 59.2 Å². The van der Waals surface area contributed by atoms with Crippen molar-refractivity contribution in [2.75, 3.05) is 20.6 Å². The number of benzene rings is 1. The predicted molar refractivity (Wildman–Crippen MR) is 118 cm³/mol. The quantitative estimate of drug-likeness (QED) is 0.746. The van der Waals surface area contributed by atoms with E-state index in [1.54, 1.807) is 18.0 Å². The molecule has 2 amide bonds. The van der Waals surface area contributed by atoms with Crippen LogP contribution in [0.1, 0.15) is 51.8 Å². The summed E-state index contributed by atoms with van der Waals surface area (Å²) in [7, 11) is 3.76. The van der Waals surface area contributed by atoms with Crippen LogP contribution in [0.3, 0.4) is 0 Å². The lowest BCUT2D eigenvalue weighted by Crippen LogP contribution is -2.58. The van der Waals surface area contributed by atoms with Crippen molar-refractivity contribution in [1.82, 2.24) is 15.1 Å². The molecule has 5 nitrogen and oxygen atoms in total. The highest BCUT2D eigenvalue weighted by atomic mass is 16.2. The van der Waals surface area contributed by atoms with Gasteiger partial charge in [-0.25, -0.2) is 0 Å². The number of hydrogen-bond donors (Lipinski definition) is 1. The fourth-order valence-corrected chi connectivity index (χ4v) is 4.13. The highest BCUT2D eigenvalue weighted by Crippen LogP contribution is 2.30. The van der Waals surface area contributed by atoms with E-state index < -0.39 is 11.5 Å². The van der Waals surface area contributed by atoms with E-state index in [2.05, 4.69) is 36.7 Å². The topological polar surface area (TPSA) is 52.7 Å². The summed E-state index contributed by atoms with van der Waals surface area (Å²) in [6.45, 7) is 14.8. The van der Waals surface area contributed by atoms with Crippen LogP contribution in [0.4, 0.5) is 0 Å². The second-order valence-electron chi connectivity index (χ2n) is 9.56. The van der Waals surface area contributed by atoms with E-state index in [4.69, 9.17) is 0 Å². The molecule has 5 heteroatoms. The van der Waals surface area contributed by atoms with Gasteiger partial charge in [0.05, 0.1) is 6.04 Å². The molecule has 0 radical (unpaired) electrons. The summed E-state index contributed by atoms with van der Waals surface area (Å²) in [6, 6.07) is 6.99. The van der Waals surface area contributed by atoms with Gasteiger partial charge in [0.1, 0.15) is 12.1 Å². The molecule has 0 bridgehead atoms. The molecular weight excluding hydrogens is 362 g/mol. The fraction of sp³-hybridized carbons (Fsp3) is 0.583. The van der Waals surface area contributed by atoms with Crippen molar-refractivity contribution < 1.29 is 9.59 Å². The Balaban J connectivity index is 2.30. The molecule has 160 valence electrons. The molecule has 0 fully saturated rings.